The monoisotopic (exact) mass is 858 g/mol. The Labute approximate surface area is 391 Å². The van der Waals surface area contributed by atoms with Crippen molar-refractivity contribution in [1.29, 1.82) is 0 Å². The van der Waals surface area contributed by atoms with Crippen molar-refractivity contribution in [2.75, 3.05) is 0 Å². The molecule has 4 nitrogen and oxygen atoms in total. The SMILES string of the molecule is [2H]c1c([2H])c(-c2cc[n+]3c(c2)-c2cc(C(C)(C)C)cc4c2C32Oc3ccccc3-c3n(-c5ccc(-c6c(C(C)(CC)CC)cccc6C(C)(CC)CC)cc5C)c5cccc-4c5[n+]32)c([2H])c([2H])c1C. The van der Waals surface area contributed by atoms with E-state index in [1.807, 2.05) is 12.3 Å². The highest BCUT2D eigenvalue weighted by Gasteiger charge is 2.68. The minimum Gasteiger partial charge on any atom is -0.392 e. The Bertz CT molecular complexity index is 3450. The van der Waals surface area contributed by atoms with Gasteiger partial charge in [-0.3, -0.25) is 0 Å². The number of pyridine rings is 1. The number of hydrogen-bond acceptors (Lipinski definition) is 1. The Morgan fingerprint density at radius 3 is 1.94 bits per heavy atom. The van der Waals surface area contributed by atoms with E-state index >= 15 is 0 Å². The van der Waals surface area contributed by atoms with Gasteiger partial charge < -0.3 is 4.74 Å². The van der Waals surface area contributed by atoms with Gasteiger partial charge in [-0.2, -0.15) is 4.57 Å². The lowest BCUT2D eigenvalue weighted by atomic mass is 9.68. The number of aryl methyl sites for hydroxylation is 1. The predicted octanol–water partition coefficient (Wildman–Crippen LogP) is 14.8. The third kappa shape index (κ3) is 5.68. The summed E-state index contributed by atoms with van der Waals surface area (Å²) in [5.41, 5.74) is 18.4. The number of rotatable bonds is 9. The van der Waals surface area contributed by atoms with Gasteiger partial charge in [0.15, 0.2) is 17.2 Å². The number of ether oxygens (including phenoxy) is 1. The first kappa shape index (κ1) is 37.0. The molecule has 6 aromatic carbocycles. The summed E-state index contributed by atoms with van der Waals surface area (Å²) in [6.07, 6.45) is 6.26. The van der Waals surface area contributed by atoms with Crippen molar-refractivity contribution >= 4 is 11.0 Å². The Balaban J connectivity index is 1.23. The molecule has 0 bridgehead atoms. The highest BCUT2D eigenvalue weighted by Crippen LogP contribution is 2.55. The smallest absolute Gasteiger partial charge is 0.392 e. The first-order valence-corrected chi connectivity index (χ1v) is 23.9. The summed E-state index contributed by atoms with van der Waals surface area (Å²) in [4.78, 5) is 0. The molecule has 1 unspecified atom stereocenters. The Kier molecular flexibility index (Phi) is 8.18. The standard InChI is InChI=1S/C61H63N3O/c1-12-59(10,13-2)48-22-19-23-49(60(11,14-3)15-4)54(48)42-30-31-50(39(6)34-42)63-51-24-18-21-44-46-36-43(58(7,8)9)37-47-52-35-41(40-28-26-38(5)27-29-40)32-33-62(52)61(55(46)47)64(56(44)51)57(63)45-20-16-17-25-53(45)65-61/h16-37H,12-15H2,1-11H3/q+2/i26D,27D,28D,29D. The predicted molar refractivity (Wildman–Crippen MR) is 268 cm³/mol. The zero-order chi connectivity index (χ0) is 48.9. The van der Waals surface area contributed by atoms with Crippen LogP contribution in [-0.2, 0) is 22.1 Å². The molecule has 0 saturated heterocycles. The lowest BCUT2D eigenvalue weighted by Gasteiger charge is -2.36. The van der Waals surface area contributed by atoms with Crippen LogP contribution >= 0.6 is 0 Å². The van der Waals surface area contributed by atoms with E-state index in [0.29, 0.717) is 16.7 Å². The van der Waals surface area contributed by atoms with Gasteiger partial charge in [-0.05, 0) is 149 Å². The van der Waals surface area contributed by atoms with Crippen molar-refractivity contribution in [2.45, 2.75) is 124 Å². The molecule has 326 valence electrons. The number of hydrogen-bond donors (Lipinski definition) is 0. The summed E-state index contributed by atoms with van der Waals surface area (Å²) in [5, 5.41) is 0. The minimum atomic E-state index is -1.18. The van der Waals surface area contributed by atoms with Crippen LogP contribution in [0, 0.1) is 13.8 Å². The van der Waals surface area contributed by atoms with E-state index in [2.05, 4.69) is 180 Å². The van der Waals surface area contributed by atoms with Gasteiger partial charge in [-0.15, -0.1) is 9.13 Å². The molecular formula is C61H63N3O+2. The summed E-state index contributed by atoms with van der Waals surface area (Å²) in [6, 6.07) is 37.9. The van der Waals surface area contributed by atoms with E-state index in [0.717, 1.165) is 87.5 Å². The number of fused-ring (bicyclic) bond motifs is 5. The highest BCUT2D eigenvalue weighted by molar-refractivity contribution is 5.98. The molecule has 11 rings (SSSR count). The molecule has 8 aromatic rings. The van der Waals surface area contributed by atoms with Gasteiger partial charge in [-0.25, -0.2) is 0 Å². The topological polar surface area (TPSA) is 21.9 Å². The number of benzene rings is 6. The molecule has 0 N–H and O–H groups in total. The summed E-state index contributed by atoms with van der Waals surface area (Å²) in [5.74, 6) is 0.605. The number of aromatic nitrogens is 3. The zero-order valence-electron chi connectivity index (χ0n) is 44.0. The molecule has 0 fully saturated rings. The van der Waals surface area contributed by atoms with Crippen molar-refractivity contribution in [2.24, 2.45) is 0 Å². The Morgan fingerprint density at radius 1 is 0.631 bits per heavy atom. The van der Waals surface area contributed by atoms with Crippen LogP contribution in [0.1, 0.15) is 127 Å². The minimum absolute atomic E-state index is 0.0217. The van der Waals surface area contributed by atoms with Crippen LogP contribution in [0.4, 0.5) is 0 Å². The molecule has 3 aliphatic rings. The molecule has 0 saturated carbocycles. The van der Waals surface area contributed by atoms with Gasteiger partial charge in [0.1, 0.15) is 22.6 Å². The average Bonchev–Trinajstić information content (AvgIpc) is 3.85. The van der Waals surface area contributed by atoms with Crippen molar-refractivity contribution < 1.29 is 19.4 Å². The Morgan fingerprint density at radius 2 is 1.28 bits per heavy atom. The van der Waals surface area contributed by atoms with Crippen molar-refractivity contribution in [3.63, 3.8) is 0 Å². The summed E-state index contributed by atoms with van der Waals surface area (Å²) in [6.45, 7) is 24.9. The summed E-state index contributed by atoms with van der Waals surface area (Å²) >= 11 is 0. The van der Waals surface area contributed by atoms with Crippen LogP contribution in [0.5, 0.6) is 5.75 Å². The quantitative estimate of drug-likeness (QED) is 0.133. The van der Waals surface area contributed by atoms with E-state index in [4.69, 9.17) is 10.2 Å². The number of nitrogens with zero attached hydrogens (tertiary/aromatic N) is 3. The van der Waals surface area contributed by atoms with Crippen molar-refractivity contribution in [3.8, 4) is 67.5 Å². The normalized spacial score (nSPS) is 16.6. The molecule has 3 aliphatic heterocycles. The zero-order valence-corrected chi connectivity index (χ0v) is 40.0. The van der Waals surface area contributed by atoms with E-state index in [1.165, 1.54) is 33.4 Å². The second kappa shape index (κ2) is 14.4. The first-order chi connectivity index (χ1) is 32.9. The third-order valence-electron chi connectivity index (χ3n) is 16.0. The lowest BCUT2D eigenvalue weighted by molar-refractivity contribution is -0.997. The van der Waals surface area contributed by atoms with Gasteiger partial charge in [0.2, 0.25) is 5.69 Å². The van der Waals surface area contributed by atoms with Crippen LogP contribution in [-0.4, -0.2) is 4.57 Å². The van der Waals surface area contributed by atoms with Crippen LogP contribution < -0.4 is 13.9 Å². The van der Waals surface area contributed by atoms with E-state index in [1.54, 1.807) is 6.92 Å². The maximum Gasteiger partial charge on any atom is 0.499 e. The molecule has 4 heteroatoms. The maximum atomic E-state index is 9.09. The van der Waals surface area contributed by atoms with Gasteiger partial charge in [-0.1, -0.05) is 135 Å². The largest absolute Gasteiger partial charge is 0.499 e. The molecule has 1 spiro atoms. The average molecular weight is 858 g/mol. The molecule has 0 aliphatic carbocycles. The van der Waals surface area contributed by atoms with Gasteiger partial charge in [0.05, 0.1) is 11.0 Å². The van der Waals surface area contributed by atoms with Gasteiger partial charge >= 0.3 is 11.7 Å². The second-order valence-electron chi connectivity index (χ2n) is 20.5. The molecular weight excluding hydrogens is 791 g/mol. The maximum absolute atomic E-state index is 9.09. The molecule has 65 heavy (non-hydrogen) atoms. The van der Waals surface area contributed by atoms with Gasteiger partial charge in [0.25, 0.3) is 0 Å². The molecule has 2 aromatic heterocycles. The van der Waals surface area contributed by atoms with Crippen molar-refractivity contribution in [1.82, 2.24) is 4.57 Å². The third-order valence-corrected chi connectivity index (χ3v) is 16.0. The van der Waals surface area contributed by atoms with Gasteiger partial charge in [0, 0.05) is 23.3 Å². The fraction of sp³-hybridized carbons (Fsp3) is 0.311. The van der Waals surface area contributed by atoms with E-state index < -0.39 is 5.85 Å². The summed E-state index contributed by atoms with van der Waals surface area (Å²) in [7, 11) is 0. The van der Waals surface area contributed by atoms with E-state index in [-0.39, 0.29) is 40.4 Å². The number of imidazole rings is 1. The fourth-order valence-electron chi connectivity index (χ4n) is 11.3. The van der Waals surface area contributed by atoms with Crippen LogP contribution in [0.2, 0.25) is 0 Å². The van der Waals surface area contributed by atoms with Crippen molar-refractivity contribution in [3.05, 3.63) is 167 Å². The highest BCUT2D eigenvalue weighted by atomic mass is 16.5. The molecule has 0 radical (unpaired) electrons. The van der Waals surface area contributed by atoms with Crippen LogP contribution in [0.15, 0.2) is 133 Å². The van der Waals surface area contributed by atoms with E-state index in [9.17, 15) is 0 Å². The fourth-order valence-corrected chi connectivity index (χ4v) is 11.3. The molecule has 0 amide bonds. The molecule has 5 heterocycles. The summed E-state index contributed by atoms with van der Waals surface area (Å²) < 4.78 is 50.5. The number of para-hydroxylation sites is 2. The van der Waals surface area contributed by atoms with Crippen LogP contribution in [0.25, 0.3) is 72.7 Å². The lowest BCUT2D eigenvalue weighted by Crippen LogP contribution is -2.78. The second-order valence-corrected chi connectivity index (χ2v) is 20.5. The Hall–Kier alpha value is -6.26. The first-order valence-electron chi connectivity index (χ1n) is 25.9. The molecule has 1 atom stereocenters. The van der Waals surface area contributed by atoms with Crippen LogP contribution in [0.3, 0.4) is 0 Å².